The van der Waals surface area contributed by atoms with E-state index in [2.05, 4.69) is 14.7 Å². The number of hydrogen-bond donors (Lipinski definition) is 2. The van der Waals surface area contributed by atoms with Crippen molar-refractivity contribution in [1.29, 1.82) is 0 Å². The predicted molar refractivity (Wildman–Crippen MR) is 114 cm³/mol. The van der Waals surface area contributed by atoms with Gasteiger partial charge in [0.25, 0.3) is 5.56 Å². The molecule has 0 amide bonds. The maximum atomic E-state index is 12.7. The topological polar surface area (TPSA) is 132 Å². The van der Waals surface area contributed by atoms with Crippen molar-refractivity contribution in [2.75, 3.05) is 20.3 Å². The van der Waals surface area contributed by atoms with Crippen LogP contribution in [0.25, 0.3) is 5.65 Å². The molecule has 1 saturated carbocycles. The number of aromatic nitrogens is 2. The Bertz CT molecular complexity index is 1240. The Morgan fingerprint density at radius 1 is 1.32 bits per heavy atom. The highest BCUT2D eigenvalue weighted by Crippen LogP contribution is 2.29. The van der Waals surface area contributed by atoms with Crippen LogP contribution in [-0.2, 0) is 14.8 Å². The Kier molecular flexibility index (Phi) is 5.79. The molecular weight excluding hydrogens is 424 g/mol. The Morgan fingerprint density at radius 3 is 2.84 bits per heavy atom. The van der Waals surface area contributed by atoms with E-state index in [-0.39, 0.29) is 36.5 Å². The van der Waals surface area contributed by atoms with Crippen LogP contribution in [0.5, 0.6) is 5.75 Å². The van der Waals surface area contributed by atoms with E-state index in [0.717, 1.165) is 0 Å². The second-order valence-corrected chi connectivity index (χ2v) is 9.08. The summed E-state index contributed by atoms with van der Waals surface area (Å²) in [5.41, 5.74) is 0.971. The summed E-state index contributed by atoms with van der Waals surface area (Å²) in [6.45, 7) is -0.236. The van der Waals surface area contributed by atoms with Crippen molar-refractivity contribution in [3.8, 4) is 5.75 Å². The van der Waals surface area contributed by atoms with Gasteiger partial charge in [0.2, 0.25) is 21.7 Å². The van der Waals surface area contributed by atoms with Crippen LogP contribution in [0.1, 0.15) is 24.3 Å². The Labute approximate surface area is 178 Å². The number of fused-ring (bicyclic) bond motifs is 1. The quantitative estimate of drug-likeness (QED) is 0.639. The number of methoxy groups -OCH3 is 1. The molecule has 1 atom stereocenters. The average molecular weight is 446 g/mol. The number of rotatable bonds is 7. The molecule has 0 bridgehead atoms. The van der Waals surface area contributed by atoms with Crippen molar-refractivity contribution >= 4 is 21.6 Å². The summed E-state index contributed by atoms with van der Waals surface area (Å²) in [5, 5.41) is 8.52. The lowest BCUT2D eigenvalue weighted by Gasteiger charge is -2.15. The predicted octanol–water partition coefficient (Wildman–Crippen LogP) is 0.687. The zero-order valence-electron chi connectivity index (χ0n) is 16.8. The van der Waals surface area contributed by atoms with Crippen molar-refractivity contribution in [2.24, 2.45) is 4.99 Å². The van der Waals surface area contributed by atoms with Gasteiger partial charge in [0.15, 0.2) is 0 Å². The summed E-state index contributed by atoms with van der Waals surface area (Å²) in [6.07, 6.45) is 9.19. The molecule has 164 valence electrons. The van der Waals surface area contributed by atoms with Gasteiger partial charge < -0.3 is 14.6 Å². The fourth-order valence-electron chi connectivity index (χ4n) is 3.17. The van der Waals surface area contributed by atoms with Gasteiger partial charge in [-0.15, -0.1) is 0 Å². The molecule has 0 spiro atoms. The second-order valence-electron chi connectivity index (χ2n) is 7.12. The molecule has 2 aliphatic rings. The van der Waals surface area contributed by atoms with Crippen LogP contribution in [0.2, 0.25) is 0 Å². The standard InChI is InChI=1S/C20H22N4O6S/c1-29-19-16(23-31(27,28)15-3-4-15)10-13(6-7-21-19)14-2-5-18-22-11-17(30-9-8-25)20(26)24(18)12-14/h2,5-7,10-13,15,23,25H,3-4,8-9H2,1H3. The van der Waals surface area contributed by atoms with E-state index in [1.165, 1.54) is 23.9 Å². The fourth-order valence-corrected chi connectivity index (χ4v) is 4.55. The van der Waals surface area contributed by atoms with Crippen LogP contribution in [0, 0.1) is 0 Å². The molecule has 0 radical (unpaired) electrons. The fraction of sp³-hybridized carbons (Fsp3) is 0.350. The monoisotopic (exact) mass is 446 g/mol. The first-order valence-electron chi connectivity index (χ1n) is 9.70. The number of nitrogens with one attached hydrogen (secondary N) is 1. The number of aliphatic hydroxyl groups excluding tert-OH is 1. The zero-order valence-corrected chi connectivity index (χ0v) is 17.6. The first-order chi connectivity index (χ1) is 14.9. The second kappa shape index (κ2) is 8.52. The third-order valence-corrected chi connectivity index (χ3v) is 6.75. The van der Waals surface area contributed by atoms with Crippen LogP contribution in [0.3, 0.4) is 0 Å². The lowest BCUT2D eigenvalue weighted by molar-refractivity contribution is 0.199. The molecule has 1 fully saturated rings. The largest absolute Gasteiger partial charge is 0.484 e. The zero-order chi connectivity index (χ0) is 22.0. The minimum absolute atomic E-state index is 0.0155. The molecule has 2 aromatic heterocycles. The molecule has 31 heavy (non-hydrogen) atoms. The molecule has 2 N–H and O–H groups in total. The van der Waals surface area contributed by atoms with Crippen LogP contribution in [0.15, 0.2) is 58.4 Å². The van der Waals surface area contributed by atoms with Gasteiger partial charge in [-0.2, -0.15) is 0 Å². The normalized spacial score (nSPS) is 18.8. The number of aliphatic hydroxyl groups is 1. The number of allylic oxidation sites excluding steroid dienone is 2. The molecule has 2 aromatic rings. The highest BCUT2D eigenvalue weighted by molar-refractivity contribution is 7.90. The highest BCUT2D eigenvalue weighted by Gasteiger charge is 2.37. The first-order valence-corrected chi connectivity index (χ1v) is 11.2. The lowest BCUT2D eigenvalue weighted by atomic mass is 10.00. The van der Waals surface area contributed by atoms with Crippen molar-refractivity contribution < 1.29 is 23.0 Å². The number of hydrogen-bond acceptors (Lipinski definition) is 8. The lowest BCUT2D eigenvalue weighted by Crippen LogP contribution is -2.31. The minimum Gasteiger partial charge on any atom is -0.484 e. The van der Waals surface area contributed by atoms with Gasteiger partial charge in [0.05, 0.1) is 25.2 Å². The molecule has 0 saturated heterocycles. The van der Waals surface area contributed by atoms with Crippen molar-refractivity contribution in [3.63, 3.8) is 0 Å². The van der Waals surface area contributed by atoms with Gasteiger partial charge in [-0.25, -0.2) is 18.4 Å². The smallest absolute Gasteiger partial charge is 0.300 e. The molecule has 4 rings (SSSR count). The van der Waals surface area contributed by atoms with E-state index >= 15 is 0 Å². The van der Waals surface area contributed by atoms with E-state index in [4.69, 9.17) is 14.6 Å². The molecule has 3 heterocycles. The van der Waals surface area contributed by atoms with Gasteiger partial charge in [-0.05, 0) is 30.5 Å². The summed E-state index contributed by atoms with van der Waals surface area (Å²) in [7, 11) is -2.10. The summed E-state index contributed by atoms with van der Waals surface area (Å²) < 4.78 is 39.3. The van der Waals surface area contributed by atoms with Gasteiger partial charge in [0.1, 0.15) is 18.0 Å². The maximum Gasteiger partial charge on any atom is 0.300 e. The van der Waals surface area contributed by atoms with E-state index in [0.29, 0.717) is 24.1 Å². The van der Waals surface area contributed by atoms with Crippen LogP contribution < -0.4 is 15.0 Å². The third kappa shape index (κ3) is 4.47. The van der Waals surface area contributed by atoms with Gasteiger partial charge in [0, 0.05) is 18.3 Å². The number of ether oxygens (including phenoxy) is 2. The highest BCUT2D eigenvalue weighted by atomic mass is 32.2. The van der Waals surface area contributed by atoms with E-state index < -0.39 is 20.8 Å². The van der Waals surface area contributed by atoms with Crippen molar-refractivity contribution in [3.05, 3.63) is 64.5 Å². The summed E-state index contributed by atoms with van der Waals surface area (Å²) in [4.78, 5) is 21.1. The van der Waals surface area contributed by atoms with Crippen molar-refractivity contribution in [2.45, 2.75) is 24.0 Å². The number of aliphatic imine (C=N–C) groups is 1. The molecule has 1 aliphatic carbocycles. The molecule has 11 heteroatoms. The maximum absolute atomic E-state index is 12.7. The van der Waals surface area contributed by atoms with Gasteiger partial charge in [-0.3, -0.25) is 13.9 Å². The average Bonchev–Trinajstić information content (AvgIpc) is 3.61. The molecule has 1 aliphatic heterocycles. The van der Waals surface area contributed by atoms with E-state index in [1.54, 1.807) is 30.5 Å². The molecular formula is C20H22N4O6S. The summed E-state index contributed by atoms with van der Waals surface area (Å²) in [6, 6.07) is 3.48. The Balaban J connectivity index is 1.72. The molecule has 0 aromatic carbocycles. The summed E-state index contributed by atoms with van der Waals surface area (Å²) in [5.74, 6) is -0.201. The van der Waals surface area contributed by atoms with Crippen molar-refractivity contribution in [1.82, 2.24) is 14.1 Å². The summed E-state index contributed by atoms with van der Waals surface area (Å²) >= 11 is 0. The number of pyridine rings is 1. The Hall–Kier alpha value is -3.18. The Morgan fingerprint density at radius 2 is 2.13 bits per heavy atom. The molecule has 1 unspecified atom stereocenters. The first kappa shape index (κ1) is 21.1. The molecule has 10 nitrogen and oxygen atoms in total. The SMILES string of the molecule is COC1=NC=CC(c2ccc3ncc(OCCO)c(=O)n3c2)C=C1NS(=O)(=O)C1CC1. The van der Waals surface area contributed by atoms with Crippen LogP contribution in [0.4, 0.5) is 0 Å². The number of nitrogens with zero attached hydrogens (tertiary/aromatic N) is 3. The van der Waals surface area contributed by atoms with Gasteiger partial charge in [-0.1, -0.05) is 12.1 Å². The van der Waals surface area contributed by atoms with E-state index in [1.807, 2.05) is 0 Å². The van der Waals surface area contributed by atoms with Crippen LogP contribution >= 0.6 is 0 Å². The third-order valence-electron chi connectivity index (χ3n) is 4.90. The number of sulfonamides is 1. The minimum atomic E-state index is -3.52. The van der Waals surface area contributed by atoms with Gasteiger partial charge >= 0.3 is 0 Å². The van der Waals surface area contributed by atoms with E-state index in [9.17, 15) is 13.2 Å². The van der Waals surface area contributed by atoms with Crippen LogP contribution in [-0.4, -0.2) is 54.4 Å².